The first-order valence-corrected chi connectivity index (χ1v) is 8.56. The van der Waals surface area contributed by atoms with Gasteiger partial charge in [-0.15, -0.1) is 0 Å². The second kappa shape index (κ2) is 8.20. The van der Waals surface area contributed by atoms with Crippen LogP contribution in [0.25, 0.3) is 0 Å². The lowest BCUT2D eigenvalue weighted by Gasteiger charge is -2.10. The van der Waals surface area contributed by atoms with E-state index in [1.807, 2.05) is 6.07 Å². The zero-order chi connectivity index (χ0) is 18.5. The monoisotopic (exact) mass is 362 g/mol. The molecule has 4 rings (SSSR count). The van der Waals surface area contributed by atoms with Crippen LogP contribution in [0, 0.1) is 0 Å². The van der Waals surface area contributed by atoms with Crippen LogP contribution in [0.2, 0.25) is 0 Å². The number of rotatable bonds is 3. The summed E-state index contributed by atoms with van der Waals surface area (Å²) in [7, 11) is 0. The molecule has 2 aliphatic heterocycles. The second-order valence-corrected chi connectivity index (χ2v) is 6.00. The quantitative estimate of drug-likeness (QED) is 0.720. The van der Waals surface area contributed by atoms with Gasteiger partial charge in [0.05, 0.1) is 33.0 Å². The number of ether oxygens (including phenoxy) is 3. The molecule has 0 fully saturated rings. The van der Waals surface area contributed by atoms with Gasteiger partial charge in [0.25, 0.3) is 0 Å². The largest absolute Gasteiger partial charge is 0.477 e. The molecular weight excluding hydrogens is 340 g/mol. The number of fused-ring (bicyclic) bond motifs is 2. The third kappa shape index (κ3) is 4.14. The summed E-state index contributed by atoms with van der Waals surface area (Å²) in [6, 6.07) is 3.45. The molecule has 8 heteroatoms. The predicted molar refractivity (Wildman–Crippen MR) is 91.2 cm³/mol. The smallest absolute Gasteiger partial charge is 0.354 e. The highest BCUT2D eigenvalue weighted by molar-refractivity contribution is 5.88. The number of hydrogen-bond donors (Lipinski definition) is 3. The van der Waals surface area contributed by atoms with E-state index in [-0.39, 0.29) is 11.7 Å². The van der Waals surface area contributed by atoms with Crippen molar-refractivity contribution in [1.29, 1.82) is 0 Å². The van der Waals surface area contributed by atoms with E-state index in [1.54, 1.807) is 13.0 Å². The minimum atomic E-state index is -0.913. The summed E-state index contributed by atoms with van der Waals surface area (Å²) in [5.74, 6) is -1.20. The van der Waals surface area contributed by atoms with Gasteiger partial charge in [-0.25, -0.2) is 9.59 Å². The van der Waals surface area contributed by atoms with E-state index in [9.17, 15) is 9.59 Å². The van der Waals surface area contributed by atoms with Crippen LogP contribution in [-0.4, -0.2) is 46.8 Å². The van der Waals surface area contributed by atoms with Crippen molar-refractivity contribution >= 4 is 11.9 Å². The molecule has 0 saturated carbocycles. The molecular formula is C18H22N2O6. The molecule has 4 heterocycles. The van der Waals surface area contributed by atoms with Crippen molar-refractivity contribution in [2.45, 2.75) is 33.0 Å². The molecule has 2 aromatic rings. The standard InChI is InChI=1S/C10H13NO3.C8H9NO3/c1-2-14-10(12)9-5-7-6-13-4-3-8(7)11-9;10-8(11)7-3-5-4-12-2-1-6(5)9-7/h5,11H,2-4,6H2,1H3;3,9H,1-2,4H2,(H,10,11). The number of carbonyl (C=O) groups is 2. The average molecular weight is 362 g/mol. The van der Waals surface area contributed by atoms with E-state index in [1.165, 1.54) is 0 Å². The lowest BCUT2D eigenvalue weighted by atomic mass is 10.2. The van der Waals surface area contributed by atoms with Crippen molar-refractivity contribution in [3.05, 3.63) is 46.0 Å². The van der Waals surface area contributed by atoms with E-state index in [0.29, 0.717) is 32.1 Å². The van der Waals surface area contributed by atoms with Crippen molar-refractivity contribution in [1.82, 2.24) is 9.97 Å². The fraction of sp³-hybridized carbons (Fsp3) is 0.444. The highest BCUT2D eigenvalue weighted by Crippen LogP contribution is 2.18. The van der Waals surface area contributed by atoms with Gasteiger partial charge in [0, 0.05) is 24.2 Å². The molecule has 3 N–H and O–H groups in total. The molecule has 0 atom stereocenters. The van der Waals surface area contributed by atoms with Crippen LogP contribution in [0.1, 0.15) is 50.4 Å². The summed E-state index contributed by atoms with van der Waals surface area (Å²) in [5, 5.41) is 8.66. The van der Waals surface area contributed by atoms with Crippen LogP contribution < -0.4 is 0 Å². The van der Waals surface area contributed by atoms with Crippen LogP contribution in [0.5, 0.6) is 0 Å². The minimum absolute atomic E-state index is 0.255. The number of hydrogen-bond acceptors (Lipinski definition) is 5. The van der Waals surface area contributed by atoms with Crippen LogP contribution in [0.4, 0.5) is 0 Å². The molecule has 140 valence electrons. The maximum atomic E-state index is 11.4. The van der Waals surface area contributed by atoms with Crippen molar-refractivity contribution < 1.29 is 28.9 Å². The van der Waals surface area contributed by atoms with Gasteiger partial charge in [0.15, 0.2) is 0 Å². The summed E-state index contributed by atoms with van der Waals surface area (Å²) in [4.78, 5) is 27.8. The Labute approximate surface area is 150 Å². The summed E-state index contributed by atoms with van der Waals surface area (Å²) in [6.07, 6.45) is 1.62. The Bertz CT molecular complexity index is 745. The molecule has 0 spiro atoms. The molecule has 0 unspecified atom stereocenters. The lowest BCUT2D eigenvalue weighted by molar-refractivity contribution is 0.0519. The molecule has 26 heavy (non-hydrogen) atoms. The molecule has 0 aliphatic carbocycles. The van der Waals surface area contributed by atoms with E-state index in [2.05, 4.69) is 9.97 Å². The van der Waals surface area contributed by atoms with Gasteiger partial charge < -0.3 is 29.3 Å². The van der Waals surface area contributed by atoms with Gasteiger partial charge in [-0.05, 0) is 30.2 Å². The maximum absolute atomic E-state index is 11.4. The van der Waals surface area contributed by atoms with Gasteiger partial charge >= 0.3 is 11.9 Å². The van der Waals surface area contributed by atoms with Crippen LogP contribution in [-0.2, 0) is 40.3 Å². The second-order valence-electron chi connectivity index (χ2n) is 6.00. The number of aromatic nitrogens is 2. The number of H-pyrrole nitrogens is 2. The number of carboxylic acids is 1. The molecule has 0 amide bonds. The highest BCUT2D eigenvalue weighted by atomic mass is 16.5. The zero-order valence-electron chi connectivity index (χ0n) is 14.6. The van der Waals surface area contributed by atoms with Crippen molar-refractivity contribution in [3.8, 4) is 0 Å². The van der Waals surface area contributed by atoms with Crippen LogP contribution in [0.3, 0.4) is 0 Å². The van der Waals surface area contributed by atoms with E-state index in [0.717, 1.165) is 42.0 Å². The Morgan fingerprint density at radius 1 is 1.04 bits per heavy atom. The third-order valence-electron chi connectivity index (χ3n) is 4.22. The van der Waals surface area contributed by atoms with Gasteiger partial charge in [0.1, 0.15) is 11.4 Å². The van der Waals surface area contributed by atoms with Crippen molar-refractivity contribution in [3.63, 3.8) is 0 Å². The number of aromatic amines is 2. The topological polar surface area (TPSA) is 114 Å². The number of carbonyl (C=O) groups excluding carboxylic acids is 1. The van der Waals surface area contributed by atoms with Crippen LogP contribution in [0.15, 0.2) is 12.1 Å². The van der Waals surface area contributed by atoms with E-state index >= 15 is 0 Å². The molecule has 2 aliphatic rings. The SMILES string of the molecule is CCOC(=O)c1cc2c([nH]1)CCOC2.O=C(O)c1cc2c([nH]1)CCOC2. The minimum Gasteiger partial charge on any atom is -0.477 e. The number of carboxylic acid groups (broad SMARTS) is 1. The Morgan fingerprint density at radius 3 is 2.08 bits per heavy atom. The number of nitrogens with one attached hydrogen (secondary N) is 2. The predicted octanol–water partition coefficient (Wildman–Crippen LogP) is 2.05. The molecule has 0 bridgehead atoms. The van der Waals surface area contributed by atoms with Gasteiger partial charge in [-0.1, -0.05) is 0 Å². The Hall–Kier alpha value is -2.58. The number of esters is 1. The maximum Gasteiger partial charge on any atom is 0.354 e. The zero-order valence-corrected chi connectivity index (χ0v) is 14.6. The Balaban J connectivity index is 0.000000152. The first-order valence-electron chi connectivity index (χ1n) is 8.56. The molecule has 0 aromatic carbocycles. The van der Waals surface area contributed by atoms with Gasteiger partial charge in [0.2, 0.25) is 0 Å². The Kier molecular flexibility index (Phi) is 5.75. The third-order valence-corrected chi connectivity index (χ3v) is 4.22. The molecule has 0 saturated heterocycles. The fourth-order valence-electron chi connectivity index (χ4n) is 2.93. The fourth-order valence-corrected chi connectivity index (χ4v) is 2.93. The van der Waals surface area contributed by atoms with Crippen molar-refractivity contribution in [2.24, 2.45) is 0 Å². The average Bonchev–Trinajstić information content (AvgIpc) is 3.26. The Morgan fingerprint density at radius 2 is 1.58 bits per heavy atom. The molecule has 8 nitrogen and oxygen atoms in total. The summed E-state index contributed by atoms with van der Waals surface area (Å²) < 4.78 is 15.3. The van der Waals surface area contributed by atoms with Gasteiger partial charge in [-0.3, -0.25) is 0 Å². The van der Waals surface area contributed by atoms with Gasteiger partial charge in [-0.2, -0.15) is 0 Å². The first-order chi connectivity index (χ1) is 12.6. The lowest BCUT2D eigenvalue weighted by Crippen LogP contribution is -2.08. The molecule has 0 radical (unpaired) electrons. The summed E-state index contributed by atoms with van der Waals surface area (Å²) in [5.41, 5.74) is 4.92. The number of aromatic carboxylic acids is 1. The van der Waals surface area contributed by atoms with Crippen LogP contribution >= 0.6 is 0 Å². The van der Waals surface area contributed by atoms with Crippen molar-refractivity contribution in [2.75, 3.05) is 19.8 Å². The van der Waals surface area contributed by atoms with E-state index in [4.69, 9.17) is 19.3 Å². The first kappa shape index (κ1) is 18.2. The van der Waals surface area contributed by atoms with E-state index < -0.39 is 5.97 Å². The summed E-state index contributed by atoms with van der Waals surface area (Å²) >= 11 is 0. The normalized spacial score (nSPS) is 15.3. The molecule has 2 aromatic heterocycles. The summed E-state index contributed by atoms with van der Waals surface area (Å²) in [6.45, 7) is 4.70. The highest BCUT2D eigenvalue weighted by Gasteiger charge is 2.17.